The van der Waals surface area contributed by atoms with Crippen LogP contribution in [-0.4, -0.2) is 32.3 Å². The molecule has 2 aromatic carbocycles. The number of amides is 1. The molecule has 2 aromatic heterocycles. The molecule has 0 aliphatic carbocycles. The number of rotatable bonds is 7. The lowest BCUT2D eigenvalue weighted by Gasteiger charge is -2.15. The Morgan fingerprint density at radius 1 is 1.12 bits per heavy atom. The highest BCUT2D eigenvalue weighted by Crippen LogP contribution is 2.25. The van der Waals surface area contributed by atoms with Gasteiger partial charge in [0.1, 0.15) is 12.3 Å². The topological polar surface area (TPSA) is 121 Å². The van der Waals surface area contributed by atoms with E-state index in [4.69, 9.17) is 9.26 Å². The fourth-order valence-electron chi connectivity index (χ4n) is 3.62. The molecule has 0 saturated heterocycles. The monoisotopic (exact) mass is 449 g/mol. The lowest BCUT2D eigenvalue weighted by atomic mass is 10.2. The summed E-state index contributed by atoms with van der Waals surface area (Å²) >= 11 is 0. The highest BCUT2D eigenvalue weighted by molar-refractivity contribution is 5.93. The minimum atomic E-state index is -0.596. The molecule has 2 heterocycles. The Hall–Kier alpha value is -4.21. The van der Waals surface area contributed by atoms with Crippen molar-refractivity contribution in [1.29, 1.82) is 0 Å². The number of hydrogen-bond donors (Lipinski definition) is 1. The zero-order valence-corrected chi connectivity index (χ0v) is 18.5. The standard InChI is InChI=1S/C23H23N5O5/c1-14-8-9-19(32-3)17(12-14)25-20(29)13-28-18-7-5-4-6-16(18)22(30)27(23(28)31)11-10-21-24-15(2)26-33-21/h4-9,12H,10-11,13H2,1-3H3,(H,25,29). The second-order valence-electron chi connectivity index (χ2n) is 7.58. The molecule has 0 saturated carbocycles. The first kappa shape index (κ1) is 22.0. The molecule has 0 aliphatic rings. The van der Waals surface area contributed by atoms with Gasteiger partial charge in [0.15, 0.2) is 5.82 Å². The van der Waals surface area contributed by atoms with E-state index in [0.717, 1.165) is 10.1 Å². The molecule has 0 atom stereocenters. The van der Waals surface area contributed by atoms with Crippen molar-refractivity contribution in [3.63, 3.8) is 0 Å². The Kier molecular flexibility index (Phi) is 6.07. The van der Waals surface area contributed by atoms with Crippen LogP contribution in [0.1, 0.15) is 17.3 Å². The molecule has 0 spiro atoms. The van der Waals surface area contributed by atoms with Crippen molar-refractivity contribution in [2.24, 2.45) is 0 Å². The van der Waals surface area contributed by atoms with Crippen LogP contribution in [0.3, 0.4) is 0 Å². The van der Waals surface area contributed by atoms with Crippen LogP contribution in [0, 0.1) is 13.8 Å². The molecule has 4 aromatic rings. The maximum absolute atomic E-state index is 13.2. The van der Waals surface area contributed by atoms with E-state index in [9.17, 15) is 14.4 Å². The maximum atomic E-state index is 13.2. The zero-order chi connectivity index (χ0) is 23.5. The summed E-state index contributed by atoms with van der Waals surface area (Å²) in [5.74, 6) is 0.870. The Morgan fingerprint density at radius 2 is 1.91 bits per heavy atom. The number of aryl methyl sites for hydroxylation is 3. The second kappa shape index (κ2) is 9.11. The van der Waals surface area contributed by atoms with Crippen LogP contribution in [0.15, 0.2) is 56.6 Å². The largest absolute Gasteiger partial charge is 0.495 e. The summed E-state index contributed by atoms with van der Waals surface area (Å²) in [6.45, 7) is 3.34. The number of anilines is 1. The first-order chi connectivity index (χ1) is 15.9. The van der Waals surface area contributed by atoms with E-state index in [2.05, 4.69) is 15.5 Å². The van der Waals surface area contributed by atoms with Gasteiger partial charge < -0.3 is 14.6 Å². The van der Waals surface area contributed by atoms with E-state index in [1.165, 1.54) is 11.7 Å². The van der Waals surface area contributed by atoms with E-state index in [-0.39, 0.29) is 19.5 Å². The van der Waals surface area contributed by atoms with Gasteiger partial charge >= 0.3 is 5.69 Å². The third kappa shape index (κ3) is 4.54. The highest BCUT2D eigenvalue weighted by atomic mass is 16.5. The Bertz CT molecular complexity index is 1450. The molecule has 4 rings (SSSR count). The van der Waals surface area contributed by atoms with Crippen molar-refractivity contribution in [2.75, 3.05) is 12.4 Å². The van der Waals surface area contributed by atoms with E-state index in [0.29, 0.717) is 34.1 Å². The highest BCUT2D eigenvalue weighted by Gasteiger charge is 2.17. The fourth-order valence-corrected chi connectivity index (χ4v) is 3.62. The summed E-state index contributed by atoms with van der Waals surface area (Å²) < 4.78 is 12.8. The van der Waals surface area contributed by atoms with Crippen LogP contribution in [0.25, 0.3) is 10.9 Å². The second-order valence-corrected chi connectivity index (χ2v) is 7.58. The molecule has 0 radical (unpaired) electrons. The van der Waals surface area contributed by atoms with Crippen molar-refractivity contribution in [3.8, 4) is 5.75 Å². The first-order valence-corrected chi connectivity index (χ1v) is 10.3. The average molecular weight is 449 g/mol. The van der Waals surface area contributed by atoms with Gasteiger partial charge in [-0.2, -0.15) is 4.98 Å². The minimum Gasteiger partial charge on any atom is -0.495 e. The Morgan fingerprint density at radius 3 is 2.64 bits per heavy atom. The van der Waals surface area contributed by atoms with Crippen LogP contribution in [0.4, 0.5) is 5.69 Å². The lowest BCUT2D eigenvalue weighted by molar-refractivity contribution is -0.116. The summed E-state index contributed by atoms with van der Waals surface area (Å²) in [6, 6.07) is 12.1. The third-order valence-corrected chi connectivity index (χ3v) is 5.18. The molecule has 10 nitrogen and oxygen atoms in total. The number of hydrogen-bond acceptors (Lipinski definition) is 7. The SMILES string of the molecule is COc1ccc(C)cc1NC(=O)Cn1c(=O)n(CCc2nc(C)no2)c(=O)c2ccccc21. The predicted octanol–water partition coefficient (Wildman–Crippen LogP) is 2.05. The van der Waals surface area contributed by atoms with Crippen LogP contribution in [0.5, 0.6) is 5.75 Å². The van der Waals surface area contributed by atoms with Crippen LogP contribution < -0.4 is 21.3 Å². The van der Waals surface area contributed by atoms with Gasteiger partial charge in [0, 0.05) is 13.0 Å². The summed E-state index contributed by atoms with van der Waals surface area (Å²) in [7, 11) is 1.51. The molecule has 0 fully saturated rings. The van der Waals surface area contributed by atoms with Gasteiger partial charge in [-0.25, -0.2) is 4.79 Å². The molecule has 1 amide bonds. The van der Waals surface area contributed by atoms with Crippen LogP contribution in [0.2, 0.25) is 0 Å². The van der Waals surface area contributed by atoms with Gasteiger partial charge in [-0.05, 0) is 43.7 Å². The maximum Gasteiger partial charge on any atom is 0.331 e. The number of methoxy groups -OCH3 is 1. The summed E-state index contributed by atoms with van der Waals surface area (Å²) in [4.78, 5) is 43.2. The number of carbonyl (C=O) groups excluding carboxylic acids is 1. The van der Waals surface area contributed by atoms with Crippen LogP contribution in [-0.2, 0) is 24.3 Å². The molecular formula is C23H23N5O5. The van der Waals surface area contributed by atoms with Crippen molar-refractivity contribution >= 4 is 22.5 Å². The summed E-state index contributed by atoms with van der Waals surface area (Å²) in [5.41, 5.74) is 0.785. The molecular weight excluding hydrogens is 426 g/mol. The number of aromatic nitrogens is 4. The normalized spacial score (nSPS) is 11.0. The Balaban J connectivity index is 1.69. The quantitative estimate of drug-likeness (QED) is 0.458. The lowest BCUT2D eigenvalue weighted by Crippen LogP contribution is -2.42. The van der Waals surface area contributed by atoms with Gasteiger partial charge in [-0.3, -0.25) is 18.7 Å². The van der Waals surface area contributed by atoms with Crippen molar-refractivity contribution in [1.82, 2.24) is 19.3 Å². The molecule has 10 heteroatoms. The van der Waals surface area contributed by atoms with Crippen molar-refractivity contribution in [3.05, 3.63) is 80.6 Å². The molecule has 1 N–H and O–H groups in total. The number of nitrogens with zero attached hydrogens (tertiary/aromatic N) is 4. The molecule has 170 valence electrons. The van der Waals surface area contributed by atoms with E-state index < -0.39 is 17.2 Å². The summed E-state index contributed by atoms with van der Waals surface area (Å²) in [6.07, 6.45) is 0.209. The van der Waals surface area contributed by atoms with Gasteiger partial charge in [0.05, 0.1) is 23.7 Å². The van der Waals surface area contributed by atoms with E-state index in [1.807, 2.05) is 13.0 Å². The average Bonchev–Trinajstić information content (AvgIpc) is 3.22. The number of fused-ring (bicyclic) bond motifs is 1. The van der Waals surface area contributed by atoms with Gasteiger partial charge in [-0.15, -0.1) is 0 Å². The fraction of sp³-hybridized carbons (Fsp3) is 0.261. The van der Waals surface area contributed by atoms with Gasteiger partial charge in [0.25, 0.3) is 5.56 Å². The molecule has 0 unspecified atom stereocenters. The van der Waals surface area contributed by atoms with Crippen molar-refractivity contribution < 1.29 is 14.1 Å². The first-order valence-electron chi connectivity index (χ1n) is 10.3. The number of para-hydroxylation sites is 1. The predicted molar refractivity (Wildman–Crippen MR) is 122 cm³/mol. The summed E-state index contributed by atoms with van der Waals surface area (Å²) in [5, 5.41) is 6.85. The number of nitrogens with one attached hydrogen (secondary N) is 1. The third-order valence-electron chi connectivity index (χ3n) is 5.18. The van der Waals surface area contributed by atoms with Gasteiger partial charge in [0.2, 0.25) is 11.8 Å². The molecule has 0 bridgehead atoms. The van der Waals surface area contributed by atoms with E-state index in [1.54, 1.807) is 43.3 Å². The minimum absolute atomic E-state index is 0.0391. The zero-order valence-electron chi connectivity index (χ0n) is 18.5. The van der Waals surface area contributed by atoms with Gasteiger partial charge in [-0.1, -0.05) is 23.4 Å². The molecule has 33 heavy (non-hydrogen) atoms. The van der Waals surface area contributed by atoms with Crippen LogP contribution >= 0.6 is 0 Å². The molecule has 0 aliphatic heterocycles. The smallest absolute Gasteiger partial charge is 0.331 e. The van der Waals surface area contributed by atoms with Crippen molar-refractivity contribution in [2.45, 2.75) is 33.4 Å². The number of carbonyl (C=O) groups is 1. The number of benzene rings is 2. The number of ether oxygens (including phenoxy) is 1. The Labute approximate surface area is 188 Å². The van der Waals surface area contributed by atoms with E-state index >= 15 is 0 Å².